The van der Waals surface area contributed by atoms with Gasteiger partial charge in [-0.3, -0.25) is 4.79 Å². The van der Waals surface area contributed by atoms with Gasteiger partial charge >= 0.3 is 0 Å². The van der Waals surface area contributed by atoms with E-state index >= 15 is 0 Å². The second-order valence-corrected chi connectivity index (χ2v) is 4.41. The highest BCUT2D eigenvalue weighted by Crippen LogP contribution is 2.23. The number of aromatic nitrogens is 1. The van der Waals surface area contributed by atoms with Crippen LogP contribution < -0.4 is 10.6 Å². The molecule has 0 aliphatic heterocycles. The average Bonchev–Trinajstić information content (AvgIpc) is 3.20. The third-order valence-corrected chi connectivity index (χ3v) is 2.82. The van der Waals surface area contributed by atoms with E-state index in [9.17, 15) is 4.79 Å². The summed E-state index contributed by atoms with van der Waals surface area (Å²) in [6, 6.07) is 5.64. The maximum atomic E-state index is 11.8. The minimum Gasteiger partial charge on any atom is -0.367 e. The van der Waals surface area contributed by atoms with Gasteiger partial charge in [0.15, 0.2) is 0 Å². The molecular formula is C13H16N4O. The Bertz CT molecular complexity index is 459. The number of carbonyl (C=O) groups excluding carboxylic acids is 1. The van der Waals surface area contributed by atoms with Crippen molar-refractivity contribution in [3.05, 3.63) is 23.9 Å². The number of nitrogens with zero attached hydrogens (tertiary/aromatic N) is 2. The van der Waals surface area contributed by atoms with E-state index in [4.69, 9.17) is 5.26 Å². The molecule has 2 N–H and O–H groups in total. The van der Waals surface area contributed by atoms with E-state index in [1.165, 1.54) is 19.0 Å². The Morgan fingerprint density at radius 1 is 1.61 bits per heavy atom. The molecule has 1 aliphatic carbocycles. The van der Waals surface area contributed by atoms with E-state index in [1.807, 2.05) is 13.0 Å². The molecule has 1 fully saturated rings. The summed E-state index contributed by atoms with van der Waals surface area (Å²) in [5, 5.41) is 14.7. The maximum Gasteiger partial charge on any atom is 0.253 e. The lowest BCUT2D eigenvalue weighted by Crippen LogP contribution is -2.33. The highest BCUT2D eigenvalue weighted by Gasteiger charge is 2.21. The Balaban J connectivity index is 1.95. The van der Waals surface area contributed by atoms with Gasteiger partial charge in [-0.15, -0.1) is 0 Å². The molecule has 0 saturated heterocycles. The number of carbonyl (C=O) groups is 1. The van der Waals surface area contributed by atoms with Crippen LogP contribution in [0.5, 0.6) is 0 Å². The number of nitrogens with one attached hydrogen (secondary N) is 2. The summed E-state index contributed by atoms with van der Waals surface area (Å²) in [6.07, 6.45) is 4.50. The Kier molecular flexibility index (Phi) is 3.78. The van der Waals surface area contributed by atoms with Crippen molar-refractivity contribution in [2.45, 2.75) is 38.3 Å². The average molecular weight is 244 g/mol. The van der Waals surface area contributed by atoms with Crippen LogP contribution >= 0.6 is 0 Å². The van der Waals surface area contributed by atoms with E-state index in [0.717, 1.165) is 5.82 Å². The Morgan fingerprint density at radius 2 is 2.39 bits per heavy atom. The van der Waals surface area contributed by atoms with Crippen LogP contribution in [0.25, 0.3) is 0 Å². The number of rotatable bonds is 5. The largest absolute Gasteiger partial charge is 0.367 e. The van der Waals surface area contributed by atoms with Gasteiger partial charge in [0.05, 0.1) is 11.6 Å². The predicted molar refractivity (Wildman–Crippen MR) is 68.0 cm³/mol. The Hall–Kier alpha value is -2.09. The molecule has 2 rings (SSSR count). The fourth-order valence-electron chi connectivity index (χ4n) is 1.52. The van der Waals surface area contributed by atoms with Crippen molar-refractivity contribution in [2.24, 2.45) is 0 Å². The number of nitriles is 1. The van der Waals surface area contributed by atoms with Crippen LogP contribution in [-0.2, 0) is 0 Å². The van der Waals surface area contributed by atoms with Crippen LogP contribution in [0.2, 0.25) is 0 Å². The van der Waals surface area contributed by atoms with E-state index in [-0.39, 0.29) is 5.91 Å². The number of hydrogen-bond donors (Lipinski definition) is 2. The van der Waals surface area contributed by atoms with Gasteiger partial charge in [0.2, 0.25) is 0 Å². The monoisotopic (exact) mass is 244 g/mol. The van der Waals surface area contributed by atoms with Crippen molar-refractivity contribution in [3.8, 4) is 6.07 Å². The molecular weight excluding hydrogens is 228 g/mol. The molecule has 5 heteroatoms. The van der Waals surface area contributed by atoms with Crippen molar-refractivity contribution in [2.75, 3.05) is 5.32 Å². The van der Waals surface area contributed by atoms with E-state index in [2.05, 4.69) is 15.6 Å². The minimum absolute atomic E-state index is 0.256. The summed E-state index contributed by atoms with van der Waals surface area (Å²) in [5.41, 5.74) is 0.477. The molecule has 1 aromatic rings. The molecule has 0 aromatic carbocycles. The Labute approximate surface area is 106 Å². The SMILES string of the molecule is CCC(C#N)NC(=O)c1ccc(NC2CC2)nc1. The second kappa shape index (κ2) is 5.50. The third kappa shape index (κ3) is 3.20. The standard InChI is InChI=1S/C13H16N4O/c1-2-10(7-14)17-13(18)9-3-6-12(15-8-9)16-11-4-5-11/h3,6,8,10-11H,2,4-5H2,1H3,(H,15,16)(H,17,18). The van der Waals surface area contributed by atoms with Crippen molar-refractivity contribution >= 4 is 11.7 Å². The lowest BCUT2D eigenvalue weighted by Gasteiger charge is -2.09. The quantitative estimate of drug-likeness (QED) is 0.826. The molecule has 1 saturated carbocycles. The van der Waals surface area contributed by atoms with Crippen LogP contribution in [0.4, 0.5) is 5.82 Å². The molecule has 0 spiro atoms. The fraction of sp³-hybridized carbons (Fsp3) is 0.462. The maximum absolute atomic E-state index is 11.8. The molecule has 1 aromatic heterocycles. The molecule has 1 aliphatic rings. The molecule has 94 valence electrons. The van der Waals surface area contributed by atoms with Gasteiger partial charge in [-0.2, -0.15) is 5.26 Å². The molecule has 5 nitrogen and oxygen atoms in total. The number of hydrogen-bond acceptors (Lipinski definition) is 4. The van der Waals surface area contributed by atoms with Crippen LogP contribution in [0.3, 0.4) is 0 Å². The van der Waals surface area contributed by atoms with E-state index < -0.39 is 6.04 Å². The topological polar surface area (TPSA) is 77.8 Å². The van der Waals surface area contributed by atoms with Crippen LogP contribution in [0, 0.1) is 11.3 Å². The predicted octanol–water partition coefficient (Wildman–Crippen LogP) is 1.69. The van der Waals surface area contributed by atoms with Crippen molar-refractivity contribution in [3.63, 3.8) is 0 Å². The minimum atomic E-state index is -0.443. The molecule has 0 bridgehead atoms. The van der Waals surface area contributed by atoms with Gasteiger partial charge in [-0.05, 0) is 31.4 Å². The van der Waals surface area contributed by atoms with Crippen molar-refractivity contribution < 1.29 is 4.79 Å². The first-order valence-electron chi connectivity index (χ1n) is 6.16. The zero-order valence-corrected chi connectivity index (χ0v) is 10.3. The zero-order chi connectivity index (χ0) is 13.0. The van der Waals surface area contributed by atoms with Crippen molar-refractivity contribution in [1.29, 1.82) is 5.26 Å². The second-order valence-electron chi connectivity index (χ2n) is 4.41. The number of pyridine rings is 1. The van der Waals surface area contributed by atoms with Crippen molar-refractivity contribution in [1.82, 2.24) is 10.3 Å². The lowest BCUT2D eigenvalue weighted by molar-refractivity contribution is 0.0944. The van der Waals surface area contributed by atoms with Gasteiger partial charge < -0.3 is 10.6 Å². The van der Waals surface area contributed by atoms with Gasteiger partial charge in [0, 0.05) is 12.2 Å². The summed E-state index contributed by atoms with van der Waals surface area (Å²) in [5.74, 6) is 0.537. The highest BCUT2D eigenvalue weighted by molar-refractivity contribution is 5.94. The number of anilines is 1. The first kappa shape index (κ1) is 12.4. The van der Waals surface area contributed by atoms with Gasteiger partial charge in [-0.1, -0.05) is 6.92 Å². The first-order chi connectivity index (χ1) is 8.72. The number of amides is 1. The van der Waals surface area contributed by atoms with E-state index in [0.29, 0.717) is 18.0 Å². The van der Waals surface area contributed by atoms with Crippen LogP contribution in [-0.4, -0.2) is 23.0 Å². The molecule has 18 heavy (non-hydrogen) atoms. The summed E-state index contributed by atoms with van der Waals surface area (Å²) >= 11 is 0. The molecule has 1 unspecified atom stereocenters. The van der Waals surface area contributed by atoms with Gasteiger partial charge in [0.25, 0.3) is 5.91 Å². The first-order valence-corrected chi connectivity index (χ1v) is 6.16. The summed E-state index contributed by atoms with van der Waals surface area (Å²) < 4.78 is 0. The molecule has 0 radical (unpaired) electrons. The molecule has 1 heterocycles. The van der Waals surface area contributed by atoms with Crippen LogP contribution in [0.15, 0.2) is 18.3 Å². The Morgan fingerprint density at radius 3 is 2.89 bits per heavy atom. The highest BCUT2D eigenvalue weighted by atomic mass is 16.1. The molecule has 1 amide bonds. The smallest absolute Gasteiger partial charge is 0.253 e. The van der Waals surface area contributed by atoms with Crippen LogP contribution in [0.1, 0.15) is 36.5 Å². The normalized spacial score (nSPS) is 15.6. The van der Waals surface area contributed by atoms with Gasteiger partial charge in [-0.25, -0.2) is 4.98 Å². The van der Waals surface area contributed by atoms with E-state index in [1.54, 1.807) is 12.1 Å². The summed E-state index contributed by atoms with van der Waals surface area (Å²) in [7, 11) is 0. The lowest BCUT2D eigenvalue weighted by atomic mass is 10.2. The third-order valence-electron chi connectivity index (χ3n) is 2.82. The summed E-state index contributed by atoms with van der Waals surface area (Å²) in [4.78, 5) is 16.0. The fourth-order valence-corrected chi connectivity index (χ4v) is 1.52. The van der Waals surface area contributed by atoms with Gasteiger partial charge in [0.1, 0.15) is 11.9 Å². The zero-order valence-electron chi connectivity index (χ0n) is 10.3. The molecule has 1 atom stereocenters. The summed E-state index contributed by atoms with van der Waals surface area (Å²) in [6.45, 7) is 1.86.